The maximum Gasteiger partial charge on any atom is 0.170 e. The van der Waals surface area contributed by atoms with Gasteiger partial charge in [-0.2, -0.15) is 0 Å². The first-order valence-electron chi connectivity index (χ1n) is 16.8. The number of carbonyl (C=O) groups is 1. The second-order valence-corrected chi connectivity index (χ2v) is 12.0. The van der Waals surface area contributed by atoms with Gasteiger partial charge in [0.05, 0.1) is 0 Å². The van der Waals surface area contributed by atoms with Gasteiger partial charge in [-0.3, -0.25) is 4.79 Å². The number of ketones is 1. The fourth-order valence-electron chi connectivity index (χ4n) is 5.72. The summed E-state index contributed by atoms with van der Waals surface area (Å²) in [7, 11) is 0. The van der Waals surface area contributed by atoms with E-state index in [2.05, 4.69) is 6.92 Å². The lowest BCUT2D eigenvalue weighted by Crippen LogP contribution is -2.13. The van der Waals surface area contributed by atoms with Crippen LogP contribution in [0.4, 0.5) is 11.4 Å². The number of hydrogen-bond acceptors (Lipinski definition) is 5. The summed E-state index contributed by atoms with van der Waals surface area (Å²) in [6, 6.07) is 30.0. The molecule has 4 aromatic rings. The van der Waals surface area contributed by atoms with Gasteiger partial charge in [0.1, 0.15) is 23.0 Å². The number of ether oxygens (including phenoxy) is 2. The van der Waals surface area contributed by atoms with E-state index in [1.807, 2.05) is 84.9 Å². The predicted molar refractivity (Wildman–Crippen MR) is 188 cm³/mol. The number of nitrogens with two attached hydrogens (primary N) is 2. The molecule has 0 saturated heterocycles. The Bertz CT molecular complexity index is 1430. The van der Waals surface area contributed by atoms with E-state index in [0.717, 1.165) is 24.8 Å². The molecule has 0 aliphatic rings. The lowest BCUT2D eigenvalue weighted by Gasteiger charge is -2.18. The van der Waals surface area contributed by atoms with E-state index >= 15 is 0 Å². The molecule has 238 valence electrons. The number of benzene rings is 4. The van der Waals surface area contributed by atoms with Crippen molar-refractivity contribution in [1.29, 1.82) is 0 Å². The van der Waals surface area contributed by atoms with Crippen molar-refractivity contribution >= 4 is 17.2 Å². The summed E-state index contributed by atoms with van der Waals surface area (Å²) in [6.45, 7) is 2.27. The van der Waals surface area contributed by atoms with Crippen LogP contribution >= 0.6 is 0 Å². The number of Topliss-reactive ketones (excluding diaryl/α,β-unsaturated/α-hetero) is 1. The minimum absolute atomic E-state index is 0.123. The van der Waals surface area contributed by atoms with Crippen molar-refractivity contribution in [2.24, 2.45) is 0 Å². The summed E-state index contributed by atoms with van der Waals surface area (Å²) in [4.78, 5) is 13.9. The molecule has 0 heterocycles. The van der Waals surface area contributed by atoms with Crippen LogP contribution in [0.25, 0.3) is 0 Å². The van der Waals surface area contributed by atoms with Gasteiger partial charge in [-0.25, -0.2) is 0 Å². The second kappa shape index (κ2) is 18.5. The third-order valence-electron chi connectivity index (χ3n) is 8.27. The van der Waals surface area contributed by atoms with Crippen LogP contribution in [0.15, 0.2) is 97.1 Å². The molecule has 4 aromatic carbocycles. The van der Waals surface area contributed by atoms with Crippen LogP contribution in [0.5, 0.6) is 23.0 Å². The SMILES string of the molecule is CCCCCCCCCCCCCCC(C(=O)c1ccc(Oc2cccc(N)c2)cc1)c1ccc(Oc2cccc(N)c2)cc1. The number of hydrogen-bond donors (Lipinski definition) is 2. The molecule has 0 aliphatic heterocycles. The maximum absolute atomic E-state index is 13.9. The van der Waals surface area contributed by atoms with Gasteiger partial charge in [-0.15, -0.1) is 0 Å². The molecule has 1 atom stereocenters. The summed E-state index contributed by atoms with van der Waals surface area (Å²) in [5, 5.41) is 0. The molecule has 0 amide bonds. The average molecular weight is 607 g/mol. The van der Waals surface area contributed by atoms with E-state index in [-0.39, 0.29) is 11.7 Å². The topological polar surface area (TPSA) is 87.6 Å². The van der Waals surface area contributed by atoms with Gasteiger partial charge in [0.15, 0.2) is 5.78 Å². The highest BCUT2D eigenvalue weighted by Gasteiger charge is 2.22. The summed E-state index contributed by atoms with van der Waals surface area (Å²) in [6.07, 6.45) is 16.3. The van der Waals surface area contributed by atoms with Crippen molar-refractivity contribution in [3.05, 3.63) is 108 Å². The number of unbranched alkanes of at least 4 members (excludes halogenated alkanes) is 11. The fourth-order valence-corrected chi connectivity index (χ4v) is 5.72. The van der Waals surface area contributed by atoms with Crippen LogP contribution in [0, 0.1) is 0 Å². The monoisotopic (exact) mass is 606 g/mol. The molecule has 0 aromatic heterocycles. The minimum Gasteiger partial charge on any atom is -0.457 e. The van der Waals surface area contributed by atoms with Gasteiger partial charge in [0, 0.05) is 35.0 Å². The third kappa shape index (κ3) is 11.6. The molecular formula is C40H50N2O3. The van der Waals surface area contributed by atoms with E-state index in [9.17, 15) is 4.79 Å². The number of carbonyl (C=O) groups excluding carboxylic acids is 1. The highest BCUT2D eigenvalue weighted by Crippen LogP contribution is 2.31. The quantitative estimate of drug-likeness (QED) is 0.0593. The first-order chi connectivity index (χ1) is 22.0. The Balaban J connectivity index is 1.35. The van der Waals surface area contributed by atoms with Crippen molar-refractivity contribution in [2.75, 3.05) is 11.5 Å². The lowest BCUT2D eigenvalue weighted by atomic mass is 9.86. The second-order valence-electron chi connectivity index (χ2n) is 12.0. The van der Waals surface area contributed by atoms with Crippen LogP contribution in [-0.2, 0) is 0 Å². The maximum atomic E-state index is 13.9. The van der Waals surface area contributed by atoms with Crippen molar-refractivity contribution in [2.45, 2.75) is 96.3 Å². The molecule has 0 aliphatic carbocycles. The fraction of sp³-hybridized carbons (Fsp3) is 0.375. The van der Waals surface area contributed by atoms with Gasteiger partial charge in [-0.1, -0.05) is 108 Å². The van der Waals surface area contributed by atoms with Crippen molar-refractivity contribution in [1.82, 2.24) is 0 Å². The summed E-state index contributed by atoms with van der Waals surface area (Å²) >= 11 is 0. The molecule has 4 N–H and O–H groups in total. The Morgan fingerprint density at radius 3 is 1.47 bits per heavy atom. The minimum atomic E-state index is -0.227. The Labute approximate surface area is 270 Å². The average Bonchev–Trinajstić information content (AvgIpc) is 3.04. The van der Waals surface area contributed by atoms with Gasteiger partial charge in [-0.05, 0) is 72.6 Å². The molecular weight excluding hydrogens is 556 g/mol. The summed E-state index contributed by atoms with van der Waals surface area (Å²) < 4.78 is 11.9. The lowest BCUT2D eigenvalue weighted by molar-refractivity contribution is 0.0953. The van der Waals surface area contributed by atoms with Crippen LogP contribution in [0.1, 0.15) is 112 Å². The van der Waals surface area contributed by atoms with E-state index in [0.29, 0.717) is 39.9 Å². The van der Waals surface area contributed by atoms with E-state index in [1.165, 1.54) is 64.2 Å². The van der Waals surface area contributed by atoms with E-state index < -0.39 is 0 Å². The number of anilines is 2. The predicted octanol–water partition coefficient (Wildman–Crippen LogP) is 11.5. The molecule has 45 heavy (non-hydrogen) atoms. The highest BCUT2D eigenvalue weighted by atomic mass is 16.5. The molecule has 0 fully saturated rings. The van der Waals surface area contributed by atoms with E-state index in [4.69, 9.17) is 20.9 Å². The number of nitrogen functional groups attached to an aromatic ring is 2. The van der Waals surface area contributed by atoms with Crippen molar-refractivity contribution in [3.63, 3.8) is 0 Å². The zero-order valence-corrected chi connectivity index (χ0v) is 26.9. The van der Waals surface area contributed by atoms with Gasteiger partial charge in [0.2, 0.25) is 0 Å². The molecule has 0 saturated carbocycles. The Hall–Kier alpha value is -4.25. The van der Waals surface area contributed by atoms with E-state index in [1.54, 1.807) is 12.1 Å². The number of rotatable bonds is 20. The summed E-state index contributed by atoms with van der Waals surface area (Å²) in [5.74, 6) is 2.63. The van der Waals surface area contributed by atoms with Crippen LogP contribution in [0.3, 0.4) is 0 Å². The molecule has 5 heteroatoms. The zero-order chi connectivity index (χ0) is 31.7. The van der Waals surface area contributed by atoms with Crippen LogP contribution in [-0.4, -0.2) is 5.78 Å². The first kappa shape index (κ1) is 33.6. The van der Waals surface area contributed by atoms with Gasteiger partial charge < -0.3 is 20.9 Å². The van der Waals surface area contributed by atoms with Crippen molar-refractivity contribution in [3.8, 4) is 23.0 Å². The Kier molecular flexibility index (Phi) is 13.9. The Morgan fingerprint density at radius 1 is 0.556 bits per heavy atom. The molecule has 4 rings (SSSR count). The van der Waals surface area contributed by atoms with Crippen molar-refractivity contribution < 1.29 is 14.3 Å². The summed E-state index contributed by atoms with van der Waals surface area (Å²) in [5.41, 5.74) is 14.8. The highest BCUT2D eigenvalue weighted by molar-refractivity contribution is 6.01. The standard InChI is InChI=1S/C40H50N2O3/c1-2-3-4-5-6-7-8-9-10-11-12-13-20-39(31-21-25-35(26-22-31)44-37-18-14-16-33(41)29-37)40(43)32-23-27-36(28-24-32)45-38-19-15-17-34(42)30-38/h14-19,21-30,39H,2-13,20,41-42H2,1H3. The molecule has 0 bridgehead atoms. The third-order valence-corrected chi connectivity index (χ3v) is 8.27. The zero-order valence-electron chi connectivity index (χ0n) is 26.9. The molecule has 1 unspecified atom stereocenters. The van der Waals surface area contributed by atoms with Crippen LogP contribution < -0.4 is 20.9 Å². The molecule has 0 spiro atoms. The van der Waals surface area contributed by atoms with Gasteiger partial charge in [0.25, 0.3) is 0 Å². The smallest absolute Gasteiger partial charge is 0.170 e. The normalized spacial score (nSPS) is 11.7. The van der Waals surface area contributed by atoms with Crippen LogP contribution in [0.2, 0.25) is 0 Å². The first-order valence-corrected chi connectivity index (χ1v) is 16.8. The van der Waals surface area contributed by atoms with Gasteiger partial charge >= 0.3 is 0 Å². The largest absolute Gasteiger partial charge is 0.457 e. The molecule has 5 nitrogen and oxygen atoms in total. The molecule has 0 radical (unpaired) electrons. The Morgan fingerprint density at radius 2 is 1.00 bits per heavy atom.